The number of hydrogen-bond acceptors (Lipinski definition) is 3. The molecule has 1 aromatic carbocycles. The Bertz CT molecular complexity index is 1040. The van der Waals surface area contributed by atoms with Gasteiger partial charge in [-0.2, -0.15) is 0 Å². The Kier molecular flexibility index (Phi) is 5.21. The van der Waals surface area contributed by atoms with Crippen LogP contribution in [0.5, 0.6) is 0 Å². The normalized spacial score (nSPS) is 20.3. The molecule has 2 aromatic heterocycles. The zero-order chi connectivity index (χ0) is 19.6. The first kappa shape index (κ1) is 18.6. The zero-order valence-corrected chi connectivity index (χ0v) is 16.9. The average Bonchev–Trinajstić information content (AvgIpc) is 3.40. The van der Waals surface area contributed by atoms with Gasteiger partial charge in [-0.25, -0.2) is 4.98 Å². The van der Waals surface area contributed by atoms with Crippen molar-refractivity contribution in [2.24, 2.45) is 0 Å². The summed E-state index contributed by atoms with van der Waals surface area (Å²) in [6, 6.07) is 15.5. The van der Waals surface area contributed by atoms with Crippen LogP contribution in [-0.4, -0.2) is 39.2 Å². The molecule has 2 N–H and O–H groups in total. The van der Waals surface area contributed by atoms with E-state index in [0.29, 0.717) is 6.04 Å². The van der Waals surface area contributed by atoms with Crippen molar-refractivity contribution < 1.29 is 5.11 Å². The molecule has 3 aromatic rings. The Morgan fingerprint density at radius 1 is 1.07 bits per heavy atom. The van der Waals surface area contributed by atoms with Gasteiger partial charge in [0.15, 0.2) is 0 Å². The maximum atomic E-state index is 9.57. The number of aliphatic hydroxyl groups excluding tert-OH is 1. The number of aliphatic hydroxyl groups is 1. The molecule has 29 heavy (non-hydrogen) atoms. The summed E-state index contributed by atoms with van der Waals surface area (Å²) in [5.74, 6) is 0. The van der Waals surface area contributed by atoms with Gasteiger partial charge < -0.3 is 10.1 Å². The number of likely N-dealkylation sites (tertiary alicyclic amines) is 1. The van der Waals surface area contributed by atoms with E-state index in [9.17, 15) is 5.11 Å². The van der Waals surface area contributed by atoms with Crippen molar-refractivity contribution in [2.75, 3.05) is 13.2 Å². The lowest BCUT2D eigenvalue weighted by atomic mass is 9.96. The summed E-state index contributed by atoms with van der Waals surface area (Å²) in [5, 5.41) is 10.8. The van der Waals surface area contributed by atoms with Gasteiger partial charge >= 0.3 is 0 Å². The topological polar surface area (TPSA) is 52.1 Å². The highest BCUT2D eigenvalue weighted by Crippen LogP contribution is 2.29. The number of hydrogen-bond donors (Lipinski definition) is 2. The summed E-state index contributed by atoms with van der Waals surface area (Å²) < 4.78 is 0. The van der Waals surface area contributed by atoms with Crippen molar-refractivity contribution >= 4 is 16.5 Å². The number of aromatic amines is 1. The lowest BCUT2D eigenvalue weighted by Crippen LogP contribution is -2.31. The first-order valence-corrected chi connectivity index (χ1v) is 10.9. The van der Waals surface area contributed by atoms with Crippen molar-refractivity contribution in [1.29, 1.82) is 0 Å². The fourth-order valence-corrected chi connectivity index (χ4v) is 4.81. The number of H-pyrrole nitrogens is 1. The van der Waals surface area contributed by atoms with Crippen LogP contribution in [0.1, 0.15) is 49.9 Å². The van der Waals surface area contributed by atoms with E-state index in [4.69, 9.17) is 4.98 Å². The smallest absolute Gasteiger partial charge is 0.0709 e. The van der Waals surface area contributed by atoms with Gasteiger partial charge in [0.25, 0.3) is 0 Å². The third-order valence-corrected chi connectivity index (χ3v) is 6.42. The highest BCUT2D eigenvalue weighted by molar-refractivity contribution is 5.85. The molecule has 1 atom stereocenters. The van der Waals surface area contributed by atoms with Gasteiger partial charge in [0.2, 0.25) is 0 Å². The number of benzene rings is 1. The second kappa shape index (κ2) is 8.13. The minimum Gasteiger partial charge on any atom is -0.395 e. The Labute approximate surface area is 172 Å². The summed E-state index contributed by atoms with van der Waals surface area (Å²) in [6.45, 7) is 2.19. The predicted octanol–water partition coefficient (Wildman–Crippen LogP) is 5.14. The molecule has 4 heteroatoms. The average molecular weight is 388 g/mol. The third-order valence-electron chi connectivity index (χ3n) is 6.42. The molecule has 4 nitrogen and oxygen atoms in total. The maximum Gasteiger partial charge on any atom is 0.0709 e. The number of nitrogens with zero attached hydrogens (tertiary/aromatic N) is 2. The molecular formula is C25H29N3O. The van der Waals surface area contributed by atoms with Crippen LogP contribution in [0.3, 0.4) is 0 Å². The minimum absolute atomic E-state index is 0.253. The molecule has 0 spiro atoms. The SMILES string of the molecule is OC[C@H]1CCCN1Cc1cc2cc(-c3cccc(C4=CCCCC4)n3)ccc2[nH]1. The summed E-state index contributed by atoms with van der Waals surface area (Å²) >= 11 is 0. The summed E-state index contributed by atoms with van der Waals surface area (Å²) in [5.41, 5.74) is 7.10. The number of nitrogens with one attached hydrogen (secondary N) is 1. The molecule has 1 saturated heterocycles. The van der Waals surface area contributed by atoms with E-state index in [2.05, 4.69) is 58.4 Å². The zero-order valence-electron chi connectivity index (χ0n) is 16.9. The van der Waals surface area contributed by atoms with Gasteiger partial charge in [-0.3, -0.25) is 4.90 Å². The molecule has 1 aliphatic heterocycles. The molecule has 1 aliphatic carbocycles. The Hall–Kier alpha value is -2.43. The molecule has 0 amide bonds. The number of pyridine rings is 1. The van der Waals surface area contributed by atoms with Gasteiger partial charge in [-0.1, -0.05) is 18.2 Å². The highest BCUT2D eigenvalue weighted by Gasteiger charge is 2.24. The van der Waals surface area contributed by atoms with Crippen molar-refractivity contribution in [2.45, 2.75) is 51.1 Å². The van der Waals surface area contributed by atoms with Crippen LogP contribution in [0.2, 0.25) is 0 Å². The van der Waals surface area contributed by atoms with Crippen molar-refractivity contribution in [3.63, 3.8) is 0 Å². The van der Waals surface area contributed by atoms with E-state index in [1.807, 2.05) is 0 Å². The van der Waals surface area contributed by atoms with Crippen LogP contribution < -0.4 is 0 Å². The molecule has 0 bridgehead atoms. The summed E-state index contributed by atoms with van der Waals surface area (Å²) in [6.07, 6.45) is 9.51. The van der Waals surface area contributed by atoms with Crippen LogP contribution in [0.25, 0.3) is 27.7 Å². The second-order valence-corrected chi connectivity index (χ2v) is 8.43. The fourth-order valence-electron chi connectivity index (χ4n) is 4.81. The molecule has 0 saturated carbocycles. The largest absolute Gasteiger partial charge is 0.395 e. The molecule has 2 aliphatic rings. The standard InChI is InChI=1S/C25H29N3O/c29-17-22-8-5-13-28(22)16-21-15-20-14-19(11-12-25(20)26-21)24-10-4-9-23(27-24)18-6-2-1-3-7-18/h4,6,9-12,14-15,22,26,29H,1-3,5,7-8,13,16-17H2/t22-/m1/s1. The second-order valence-electron chi connectivity index (χ2n) is 8.43. The van der Waals surface area contributed by atoms with Gasteiger partial charge in [0.05, 0.1) is 18.0 Å². The van der Waals surface area contributed by atoms with E-state index < -0.39 is 0 Å². The van der Waals surface area contributed by atoms with E-state index in [-0.39, 0.29) is 6.61 Å². The Morgan fingerprint density at radius 3 is 2.86 bits per heavy atom. The van der Waals surface area contributed by atoms with E-state index in [0.717, 1.165) is 48.4 Å². The molecule has 3 heterocycles. The Balaban J connectivity index is 1.41. The van der Waals surface area contributed by atoms with Gasteiger partial charge in [-0.05, 0) is 81.0 Å². The maximum absolute atomic E-state index is 9.57. The van der Waals surface area contributed by atoms with E-state index >= 15 is 0 Å². The number of allylic oxidation sites excluding steroid dienone is 2. The lowest BCUT2D eigenvalue weighted by Gasteiger charge is -2.21. The minimum atomic E-state index is 0.253. The molecule has 0 unspecified atom stereocenters. The first-order valence-electron chi connectivity index (χ1n) is 10.9. The number of rotatable bonds is 5. The molecule has 5 rings (SSSR count). The summed E-state index contributed by atoms with van der Waals surface area (Å²) in [4.78, 5) is 10.9. The van der Waals surface area contributed by atoms with Crippen LogP contribution >= 0.6 is 0 Å². The van der Waals surface area contributed by atoms with Crippen molar-refractivity contribution in [3.8, 4) is 11.3 Å². The van der Waals surface area contributed by atoms with Crippen molar-refractivity contribution in [3.05, 3.63) is 59.9 Å². The Morgan fingerprint density at radius 2 is 2.00 bits per heavy atom. The highest BCUT2D eigenvalue weighted by atomic mass is 16.3. The van der Waals surface area contributed by atoms with E-state index in [1.165, 1.54) is 42.3 Å². The summed E-state index contributed by atoms with van der Waals surface area (Å²) in [7, 11) is 0. The van der Waals surface area contributed by atoms with Crippen molar-refractivity contribution in [1.82, 2.24) is 14.9 Å². The molecule has 0 radical (unpaired) electrons. The number of aromatic nitrogens is 2. The van der Waals surface area contributed by atoms with Crippen LogP contribution in [0.15, 0.2) is 48.5 Å². The predicted molar refractivity (Wildman–Crippen MR) is 118 cm³/mol. The monoisotopic (exact) mass is 387 g/mol. The van der Waals surface area contributed by atoms with Crippen LogP contribution in [-0.2, 0) is 6.54 Å². The molecule has 150 valence electrons. The number of fused-ring (bicyclic) bond motifs is 1. The molecular weight excluding hydrogens is 358 g/mol. The van der Waals surface area contributed by atoms with E-state index in [1.54, 1.807) is 0 Å². The van der Waals surface area contributed by atoms with Gasteiger partial charge in [0.1, 0.15) is 0 Å². The van der Waals surface area contributed by atoms with Crippen LogP contribution in [0, 0.1) is 0 Å². The van der Waals surface area contributed by atoms with Gasteiger partial charge in [-0.15, -0.1) is 0 Å². The molecule has 1 fully saturated rings. The lowest BCUT2D eigenvalue weighted by molar-refractivity contribution is 0.152. The van der Waals surface area contributed by atoms with Crippen LogP contribution in [0.4, 0.5) is 0 Å². The first-order chi connectivity index (χ1) is 14.3. The van der Waals surface area contributed by atoms with Gasteiger partial charge in [0, 0.05) is 34.7 Å². The third kappa shape index (κ3) is 3.87. The quantitative estimate of drug-likeness (QED) is 0.637. The fraction of sp³-hybridized carbons (Fsp3) is 0.400.